The first-order valence-corrected chi connectivity index (χ1v) is 26.5. The van der Waals surface area contributed by atoms with Gasteiger partial charge in [-0.15, -0.1) is 0 Å². The van der Waals surface area contributed by atoms with Crippen molar-refractivity contribution in [3.8, 4) is 0 Å². The molecule has 0 bridgehead atoms. The zero-order chi connectivity index (χ0) is 18.8. The molecule has 31 heavy (non-hydrogen) atoms. The summed E-state index contributed by atoms with van der Waals surface area (Å²) in [5.74, 6) is 0. The van der Waals surface area contributed by atoms with E-state index in [1.807, 2.05) is 0 Å². The summed E-state index contributed by atoms with van der Waals surface area (Å²) in [6.07, 6.45) is 2.96. The molecule has 0 aromatic rings. The molecule has 0 radical (unpaired) electrons. The molecule has 0 aliphatic carbocycles. The summed E-state index contributed by atoms with van der Waals surface area (Å²) in [7, 11) is 0. The molecule has 10 unspecified atom stereocenters. The van der Waals surface area contributed by atoms with Gasteiger partial charge in [0.2, 0.25) is 0 Å². The van der Waals surface area contributed by atoms with Crippen LogP contribution in [0.5, 0.6) is 0 Å². The topological polar surface area (TPSA) is 61.3 Å². The van der Waals surface area contributed by atoms with E-state index in [-0.39, 0.29) is 0 Å². The molecule has 3 nitrogen and oxygen atoms in total. The maximum absolute atomic E-state index is 7.42. The summed E-state index contributed by atoms with van der Waals surface area (Å²) in [6.45, 7) is -1.79. The third kappa shape index (κ3) is 0.117. The quantitative estimate of drug-likeness (QED) is 0.405. The molecule has 168 valence electrons. The van der Waals surface area contributed by atoms with Crippen molar-refractivity contribution in [1.82, 2.24) is 0 Å². The molecule has 20 rings (SSSR count). The summed E-state index contributed by atoms with van der Waals surface area (Å²) < 4.78 is 11.1. The SMILES string of the molecule is NCC[C]12[CH]3[CH]4[CH]5[C]1(COC[C]16[CH]7[CH]8[CH]9[C]1(CCN)[Fe]89761%10%11%12[CH]6[CH]1[CH]%10[CH]%11[CH]6%12)[Fe]43521678[CH]2[CH]1[CH]6[CH]7[CH]28. The molecule has 5 heteroatoms. The Morgan fingerprint density at radius 1 is 0.484 bits per heavy atom. The first-order valence-electron chi connectivity index (χ1n) is 14.1. The van der Waals surface area contributed by atoms with Crippen LogP contribution in [0.25, 0.3) is 0 Å². The zero-order valence-electron chi connectivity index (χ0n) is 17.8. The van der Waals surface area contributed by atoms with Gasteiger partial charge in [-0.05, 0) is 0 Å². The van der Waals surface area contributed by atoms with Gasteiger partial charge in [-0.25, -0.2) is 0 Å². The Balaban J connectivity index is 0.867. The third-order valence-electron chi connectivity index (χ3n) is 32.7. The number of nitrogens with two attached hydrogens (primary N) is 2. The van der Waals surface area contributed by atoms with Crippen LogP contribution in [0.2, 0.25) is 94.3 Å². The maximum atomic E-state index is 7.42. The molecule has 20 fully saturated rings. The van der Waals surface area contributed by atoms with Gasteiger partial charge < -0.3 is 0 Å². The van der Waals surface area contributed by atoms with E-state index in [0.717, 1.165) is 30.3 Å². The molecule has 20 saturated heterocycles. The van der Waals surface area contributed by atoms with Crippen molar-refractivity contribution in [2.75, 3.05) is 26.3 Å². The van der Waals surface area contributed by atoms with Crippen LogP contribution >= 0.6 is 0 Å². The van der Waals surface area contributed by atoms with E-state index >= 15 is 0 Å². The molecule has 0 aromatic carbocycles. The zero-order valence-corrected chi connectivity index (χ0v) is 20.0. The molecule has 20 heterocycles. The Morgan fingerprint density at radius 2 is 0.806 bits per heavy atom. The number of rotatable bonds is 8. The van der Waals surface area contributed by atoms with E-state index in [1.165, 1.54) is 103 Å². The molecule has 10 atom stereocenters. The van der Waals surface area contributed by atoms with Crippen LogP contribution in [0.1, 0.15) is 12.8 Å². The third-order valence-corrected chi connectivity index (χ3v) is 121. The molecule has 0 saturated carbocycles. The van der Waals surface area contributed by atoms with Crippen molar-refractivity contribution in [2.45, 2.75) is 107 Å². The summed E-state index contributed by atoms with van der Waals surface area (Å²) in [6, 6.07) is 0. The minimum atomic E-state index is -3.23. The van der Waals surface area contributed by atoms with Gasteiger partial charge in [0.25, 0.3) is 0 Å². The Kier molecular flexibility index (Phi) is 0.364. The predicted octanol–water partition coefficient (Wildman–Crippen LogP) is 5.96. The molecule has 2 spiro atoms. The Hall–Kier alpha value is 0.919. The van der Waals surface area contributed by atoms with E-state index in [0.29, 0.717) is 0 Å². The second-order valence-electron chi connectivity index (χ2n) is 21.7. The van der Waals surface area contributed by atoms with Crippen LogP contribution in [-0.4, -0.2) is 26.3 Å². The molecule has 4 N–H and O–H groups in total. The first kappa shape index (κ1) is 11.8. The van der Waals surface area contributed by atoms with Crippen molar-refractivity contribution in [3.63, 3.8) is 0 Å². The van der Waals surface area contributed by atoms with E-state index in [1.54, 1.807) is 0 Å². The van der Waals surface area contributed by atoms with Crippen LogP contribution in [0.15, 0.2) is 0 Å². The van der Waals surface area contributed by atoms with Gasteiger partial charge in [0.05, 0.1) is 0 Å². The van der Waals surface area contributed by atoms with Gasteiger partial charge >= 0.3 is 163 Å². The normalized spacial score (nSPS) is 135. The van der Waals surface area contributed by atoms with E-state index in [2.05, 4.69) is 0 Å². The minimum absolute atomic E-state index is 0.890. The van der Waals surface area contributed by atoms with Crippen LogP contribution < -0.4 is 11.5 Å². The van der Waals surface area contributed by atoms with Crippen molar-refractivity contribution in [1.29, 1.82) is 0 Å². The monoisotopic (exact) mass is 500 g/mol. The Bertz CT molecular complexity index is 2030. The fraction of sp³-hybridized carbons (Fsp3) is 1.00. The first-order chi connectivity index (χ1) is 14.7. The van der Waals surface area contributed by atoms with Crippen molar-refractivity contribution in [2.24, 2.45) is 11.5 Å². The fourth-order valence-electron chi connectivity index (χ4n) is 38.0. The second-order valence-corrected chi connectivity index (χ2v) is 68.5. The molecule has 20 aliphatic heterocycles. The number of hydrogen-bond acceptors (Lipinski definition) is 3. The summed E-state index contributed by atoms with van der Waals surface area (Å²) in [5, 5.41) is 0. The Labute approximate surface area is 162 Å². The van der Waals surface area contributed by atoms with Crippen LogP contribution in [-0.2, 0) is 17.8 Å². The molecule has 20 aliphatic rings. The molecular weight excluding hydrogens is 468 g/mol. The van der Waals surface area contributed by atoms with Crippen molar-refractivity contribution >= 4 is 0 Å². The van der Waals surface area contributed by atoms with Gasteiger partial charge in [-0.2, -0.15) is 0 Å². The predicted molar refractivity (Wildman–Crippen MR) is 109 cm³/mol. The summed E-state index contributed by atoms with van der Waals surface area (Å²) >= 11 is 0. The number of hydrogen-bond donors (Lipinski definition) is 2. The standard InChI is InChI=1S/C16H22N2O.2C5H5.2Fe/c17-9-7-13-3-1-5-15(13)11-19-12-16-6-2-4-14(16)8-10-18;2*1-2-4-5-3-1;;/h1-6H,7-12,17-18H2;2*1-5H;;. The van der Waals surface area contributed by atoms with Gasteiger partial charge in [-0.1, -0.05) is 0 Å². The van der Waals surface area contributed by atoms with Crippen LogP contribution in [0.3, 0.4) is 0 Å². The Morgan fingerprint density at radius 3 is 1.06 bits per heavy atom. The van der Waals surface area contributed by atoms with Gasteiger partial charge in [-0.3, -0.25) is 0 Å². The van der Waals surface area contributed by atoms with E-state index in [9.17, 15) is 0 Å². The van der Waals surface area contributed by atoms with Crippen molar-refractivity contribution < 1.29 is 17.8 Å². The van der Waals surface area contributed by atoms with Crippen LogP contribution in [0.4, 0.5) is 0 Å². The number of ether oxygens (including phenoxy) is 1. The fourth-order valence-corrected chi connectivity index (χ4v) is 193. The average Bonchev–Trinajstić information content (AvgIpc) is 3.62. The molecule has 0 aromatic heterocycles. The van der Waals surface area contributed by atoms with Gasteiger partial charge in [0.15, 0.2) is 0 Å². The number of fused-ring (bicyclic) bond motifs is 20. The average molecular weight is 500 g/mol. The van der Waals surface area contributed by atoms with Crippen LogP contribution in [0, 0.1) is 0 Å². The van der Waals surface area contributed by atoms with Gasteiger partial charge in [0.1, 0.15) is 0 Å². The van der Waals surface area contributed by atoms with E-state index < -0.39 is 13.0 Å². The molecular formula is C26H32Fe2N2O. The summed E-state index contributed by atoms with van der Waals surface area (Å²) in [5.41, 5.74) is 12.8. The molecule has 0 amide bonds. The van der Waals surface area contributed by atoms with Crippen molar-refractivity contribution in [3.05, 3.63) is 0 Å². The summed E-state index contributed by atoms with van der Waals surface area (Å²) in [4.78, 5) is 22.4. The second kappa shape index (κ2) is 0.959. The van der Waals surface area contributed by atoms with Gasteiger partial charge in [0, 0.05) is 0 Å². The van der Waals surface area contributed by atoms with E-state index in [4.69, 9.17) is 16.2 Å².